The minimum absolute atomic E-state index is 0.0579. The number of nitrogens with two attached hydrogens (primary N) is 1. The second-order valence-electron chi connectivity index (χ2n) is 8.09. The fraction of sp³-hybridized carbons (Fsp3) is 0.565. The zero-order valence-corrected chi connectivity index (χ0v) is 20.9. The van der Waals surface area contributed by atoms with Crippen molar-refractivity contribution in [2.24, 2.45) is 5.90 Å². The Morgan fingerprint density at radius 3 is 2.24 bits per heavy atom. The predicted molar refractivity (Wildman–Crippen MR) is 134 cm³/mol. The summed E-state index contributed by atoms with van der Waals surface area (Å²) in [5.41, 5.74) is 0.909. The average Bonchev–Trinajstić information content (AvgIpc) is 3.34. The van der Waals surface area contributed by atoms with Crippen molar-refractivity contribution in [3.8, 4) is 5.95 Å². The van der Waals surface area contributed by atoms with Gasteiger partial charge in [-0.25, -0.2) is 19.7 Å². The second kappa shape index (κ2) is 14.8. The quantitative estimate of drug-likeness (QED) is 0.201. The van der Waals surface area contributed by atoms with Gasteiger partial charge in [-0.15, -0.1) is 0 Å². The molecular formula is C23H32F2N8O5. The molecule has 2 aromatic heterocycles. The number of nitrogens with zero attached hydrogens (tertiary/aromatic N) is 6. The van der Waals surface area contributed by atoms with Gasteiger partial charge in [-0.1, -0.05) is 12.1 Å². The van der Waals surface area contributed by atoms with Crippen LogP contribution in [0, 0.1) is 0 Å². The summed E-state index contributed by atoms with van der Waals surface area (Å²) < 4.78 is 50.8. The molecule has 15 heteroatoms. The second-order valence-corrected chi connectivity index (χ2v) is 8.09. The fourth-order valence-corrected chi connectivity index (χ4v) is 3.72. The van der Waals surface area contributed by atoms with Gasteiger partial charge in [0.1, 0.15) is 0 Å². The molecular weight excluding hydrogens is 506 g/mol. The summed E-state index contributed by atoms with van der Waals surface area (Å²) in [6, 6.07) is 6.87. The van der Waals surface area contributed by atoms with Gasteiger partial charge in [0.15, 0.2) is 5.82 Å². The highest BCUT2D eigenvalue weighted by Gasteiger charge is 2.24. The van der Waals surface area contributed by atoms with E-state index in [4.69, 9.17) is 24.8 Å². The van der Waals surface area contributed by atoms with Gasteiger partial charge < -0.3 is 34.0 Å². The smallest absolute Gasteiger partial charge is 0.296 e. The molecule has 13 nitrogen and oxygen atoms in total. The van der Waals surface area contributed by atoms with Crippen LogP contribution in [-0.4, -0.2) is 104 Å². The largest absolute Gasteiger partial charge is 0.378 e. The Morgan fingerprint density at radius 2 is 1.53 bits per heavy atom. The van der Waals surface area contributed by atoms with Crippen molar-refractivity contribution in [2.75, 3.05) is 89.3 Å². The number of aromatic nitrogens is 5. The third-order valence-corrected chi connectivity index (χ3v) is 5.51. The summed E-state index contributed by atoms with van der Waals surface area (Å²) in [6.45, 7) is 5.37. The van der Waals surface area contributed by atoms with E-state index in [1.807, 2.05) is 4.90 Å². The molecule has 208 valence electrons. The van der Waals surface area contributed by atoms with Crippen LogP contribution in [0.1, 0.15) is 12.2 Å². The number of halogens is 2. The lowest BCUT2D eigenvalue weighted by atomic mass is 10.3. The third kappa shape index (κ3) is 7.72. The number of hydrogen-bond donors (Lipinski definition) is 2. The van der Waals surface area contributed by atoms with E-state index in [1.54, 1.807) is 24.3 Å². The molecule has 1 aliphatic heterocycles. The number of morpholine rings is 1. The molecule has 3 N–H and O–H groups in total. The van der Waals surface area contributed by atoms with E-state index in [0.717, 1.165) is 0 Å². The lowest BCUT2D eigenvalue weighted by Gasteiger charge is -2.27. The predicted octanol–water partition coefficient (Wildman–Crippen LogP) is 1.34. The van der Waals surface area contributed by atoms with E-state index in [2.05, 4.69) is 30.1 Å². The Kier molecular flexibility index (Phi) is 10.8. The Balaban J connectivity index is 1.39. The van der Waals surface area contributed by atoms with Crippen LogP contribution in [-0.2, 0) is 23.8 Å². The molecule has 3 heterocycles. The van der Waals surface area contributed by atoms with Crippen molar-refractivity contribution in [1.82, 2.24) is 24.5 Å². The molecule has 1 aliphatic rings. The number of fused-ring (bicyclic) bond motifs is 1. The summed E-state index contributed by atoms with van der Waals surface area (Å²) >= 11 is 0. The number of nitrogens with one attached hydrogen (secondary N) is 1. The van der Waals surface area contributed by atoms with E-state index in [0.29, 0.717) is 96.1 Å². The Morgan fingerprint density at radius 1 is 0.868 bits per heavy atom. The maximum atomic E-state index is 13.9. The molecule has 0 spiro atoms. The summed E-state index contributed by atoms with van der Waals surface area (Å²) in [7, 11) is 0. The van der Waals surface area contributed by atoms with Gasteiger partial charge in [0.25, 0.3) is 6.43 Å². The summed E-state index contributed by atoms with van der Waals surface area (Å²) in [6.07, 6.45) is -2.82. The van der Waals surface area contributed by atoms with Crippen molar-refractivity contribution in [3.05, 3.63) is 30.1 Å². The van der Waals surface area contributed by atoms with Crippen LogP contribution in [0.5, 0.6) is 0 Å². The monoisotopic (exact) mass is 538 g/mol. The van der Waals surface area contributed by atoms with Crippen molar-refractivity contribution in [1.29, 1.82) is 0 Å². The number of hydrogen-bond acceptors (Lipinski definition) is 12. The number of anilines is 2. The van der Waals surface area contributed by atoms with E-state index >= 15 is 0 Å². The first-order valence-corrected chi connectivity index (χ1v) is 12.3. The first-order valence-electron chi connectivity index (χ1n) is 12.3. The zero-order valence-electron chi connectivity index (χ0n) is 20.9. The van der Waals surface area contributed by atoms with Gasteiger partial charge in [0, 0.05) is 19.6 Å². The van der Waals surface area contributed by atoms with Crippen LogP contribution in [0.3, 0.4) is 0 Å². The SMILES string of the molecule is NOCCOCCOCCOCCNc1nc(N2CCOCC2)nc(-n2c(C(F)F)nc3ccccc32)n1. The molecule has 1 aromatic carbocycles. The fourth-order valence-electron chi connectivity index (χ4n) is 3.72. The zero-order chi connectivity index (χ0) is 26.6. The van der Waals surface area contributed by atoms with E-state index in [-0.39, 0.29) is 11.9 Å². The number of benzene rings is 1. The number of ether oxygens (including phenoxy) is 4. The lowest BCUT2D eigenvalue weighted by Crippen LogP contribution is -2.37. The molecule has 0 atom stereocenters. The molecule has 3 aromatic rings. The normalized spacial score (nSPS) is 14.1. The van der Waals surface area contributed by atoms with Crippen LogP contribution in [0.4, 0.5) is 20.7 Å². The van der Waals surface area contributed by atoms with Crippen molar-refractivity contribution < 1.29 is 32.6 Å². The van der Waals surface area contributed by atoms with Crippen molar-refractivity contribution >= 4 is 22.9 Å². The highest BCUT2D eigenvalue weighted by atomic mass is 19.3. The molecule has 4 rings (SSSR count). The Hall–Kier alpha value is -3.08. The Labute approximate surface area is 218 Å². The van der Waals surface area contributed by atoms with Gasteiger partial charge in [-0.05, 0) is 12.1 Å². The lowest BCUT2D eigenvalue weighted by molar-refractivity contribution is -0.00101. The van der Waals surface area contributed by atoms with E-state index < -0.39 is 12.2 Å². The standard InChI is InChI=1S/C23H32F2N8O5/c24-19(25)20-28-17-3-1-2-4-18(17)33(20)23-30-21(29-22(31-23)32-6-9-35-10-7-32)27-5-8-34-11-12-36-13-14-37-15-16-38-26/h1-4,19H,5-16,26H2,(H,27,29,30,31). The molecule has 0 unspecified atom stereocenters. The van der Waals surface area contributed by atoms with Crippen molar-refractivity contribution in [2.45, 2.75) is 6.43 Å². The first kappa shape index (κ1) is 27.9. The first-order chi connectivity index (χ1) is 18.7. The number of imidazole rings is 1. The molecule has 38 heavy (non-hydrogen) atoms. The molecule has 0 bridgehead atoms. The topological polar surface area (TPSA) is 144 Å². The number of alkyl halides is 2. The maximum absolute atomic E-state index is 13.9. The minimum atomic E-state index is -2.82. The van der Waals surface area contributed by atoms with Gasteiger partial charge in [-0.3, -0.25) is 4.57 Å². The minimum Gasteiger partial charge on any atom is -0.378 e. The summed E-state index contributed by atoms with van der Waals surface area (Å²) in [4.78, 5) is 23.9. The van der Waals surface area contributed by atoms with Crippen LogP contribution in [0.2, 0.25) is 0 Å². The molecule has 1 saturated heterocycles. The van der Waals surface area contributed by atoms with Crippen molar-refractivity contribution in [3.63, 3.8) is 0 Å². The van der Waals surface area contributed by atoms with E-state index in [9.17, 15) is 8.78 Å². The number of rotatable bonds is 16. The Bertz CT molecular complexity index is 1130. The van der Waals surface area contributed by atoms with Gasteiger partial charge >= 0.3 is 0 Å². The molecule has 0 amide bonds. The molecule has 0 aliphatic carbocycles. The van der Waals surface area contributed by atoms with Gasteiger partial charge in [-0.2, -0.15) is 15.0 Å². The van der Waals surface area contributed by atoms with Crippen LogP contribution in [0.25, 0.3) is 17.0 Å². The van der Waals surface area contributed by atoms with E-state index in [1.165, 1.54) is 4.57 Å². The highest BCUT2D eigenvalue weighted by Crippen LogP contribution is 2.27. The highest BCUT2D eigenvalue weighted by molar-refractivity contribution is 5.77. The van der Waals surface area contributed by atoms with Crippen LogP contribution >= 0.6 is 0 Å². The maximum Gasteiger partial charge on any atom is 0.296 e. The van der Waals surface area contributed by atoms with Gasteiger partial charge in [0.2, 0.25) is 17.8 Å². The number of para-hydroxylation sites is 2. The molecule has 1 fully saturated rings. The third-order valence-electron chi connectivity index (χ3n) is 5.51. The molecule has 0 saturated carbocycles. The molecule has 0 radical (unpaired) electrons. The summed E-state index contributed by atoms with van der Waals surface area (Å²) in [5, 5.41) is 3.10. The summed E-state index contributed by atoms with van der Waals surface area (Å²) in [5.74, 6) is 5.15. The average molecular weight is 539 g/mol. The van der Waals surface area contributed by atoms with Gasteiger partial charge in [0.05, 0.1) is 70.5 Å². The van der Waals surface area contributed by atoms with Crippen LogP contribution in [0.15, 0.2) is 24.3 Å². The van der Waals surface area contributed by atoms with Crippen LogP contribution < -0.4 is 16.1 Å².